The van der Waals surface area contributed by atoms with Crippen LogP contribution in [0.15, 0.2) is 12.1 Å². The molecule has 0 saturated carbocycles. The first-order chi connectivity index (χ1) is 9.51. The maximum Gasteiger partial charge on any atom is 0.254 e. The van der Waals surface area contributed by atoms with Crippen LogP contribution in [0.3, 0.4) is 0 Å². The van der Waals surface area contributed by atoms with Crippen molar-refractivity contribution in [1.82, 2.24) is 14.8 Å². The van der Waals surface area contributed by atoms with Gasteiger partial charge >= 0.3 is 0 Å². The summed E-state index contributed by atoms with van der Waals surface area (Å²) in [6.07, 6.45) is 0. The number of nitriles is 1. The summed E-state index contributed by atoms with van der Waals surface area (Å²) in [6.45, 7) is 4.41. The fourth-order valence-corrected chi connectivity index (χ4v) is 2.63. The molecular formula is C13H14Cl2N4O. The summed E-state index contributed by atoms with van der Waals surface area (Å²) in [5.41, 5.74) is 0.441. The van der Waals surface area contributed by atoms with Crippen LogP contribution in [0.4, 0.5) is 0 Å². The second-order valence-corrected chi connectivity index (χ2v) is 5.41. The van der Waals surface area contributed by atoms with E-state index in [0.717, 1.165) is 0 Å². The van der Waals surface area contributed by atoms with Crippen molar-refractivity contribution in [3.8, 4) is 6.07 Å². The van der Waals surface area contributed by atoms with Crippen molar-refractivity contribution in [3.05, 3.63) is 28.0 Å². The molecule has 1 aliphatic rings. The quantitative estimate of drug-likeness (QED) is 0.784. The van der Waals surface area contributed by atoms with E-state index in [9.17, 15) is 4.79 Å². The molecule has 1 aromatic rings. The van der Waals surface area contributed by atoms with Crippen molar-refractivity contribution in [3.63, 3.8) is 0 Å². The number of carbonyl (C=O) groups is 1. The van der Waals surface area contributed by atoms with Crippen LogP contribution in [0, 0.1) is 11.3 Å². The number of halogens is 2. The number of rotatable bonds is 2. The molecular weight excluding hydrogens is 299 g/mol. The number of piperazine rings is 1. The van der Waals surface area contributed by atoms with Gasteiger partial charge in [0.25, 0.3) is 5.91 Å². The van der Waals surface area contributed by atoms with Gasteiger partial charge in [-0.25, -0.2) is 4.98 Å². The maximum atomic E-state index is 12.3. The SMILES string of the molecule is CC(C#N)N1CCN(C(=O)c2cc(Cl)nc(Cl)c2)CC1. The lowest BCUT2D eigenvalue weighted by Gasteiger charge is -2.35. The fourth-order valence-electron chi connectivity index (χ4n) is 2.16. The van der Waals surface area contributed by atoms with E-state index in [1.165, 1.54) is 12.1 Å². The molecule has 0 bridgehead atoms. The van der Waals surface area contributed by atoms with E-state index in [4.69, 9.17) is 28.5 Å². The smallest absolute Gasteiger partial charge is 0.254 e. The van der Waals surface area contributed by atoms with Crippen LogP contribution in [0.2, 0.25) is 10.3 Å². The van der Waals surface area contributed by atoms with Crippen LogP contribution < -0.4 is 0 Å². The monoisotopic (exact) mass is 312 g/mol. The molecule has 7 heteroatoms. The Morgan fingerprint density at radius 3 is 2.35 bits per heavy atom. The maximum absolute atomic E-state index is 12.3. The molecule has 0 radical (unpaired) electrons. The summed E-state index contributed by atoms with van der Waals surface area (Å²) >= 11 is 11.6. The van der Waals surface area contributed by atoms with Gasteiger partial charge in [-0.15, -0.1) is 0 Å². The number of hydrogen-bond acceptors (Lipinski definition) is 4. The first-order valence-electron chi connectivity index (χ1n) is 6.27. The molecule has 20 heavy (non-hydrogen) atoms. The Balaban J connectivity index is 2.03. The highest BCUT2D eigenvalue weighted by molar-refractivity contribution is 6.33. The third-order valence-electron chi connectivity index (χ3n) is 3.35. The minimum atomic E-state index is -0.128. The number of amides is 1. The Hall–Kier alpha value is -1.35. The first-order valence-corrected chi connectivity index (χ1v) is 7.03. The van der Waals surface area contributed by atoms with E-state index >= 15 is 0 Å². The van der Waals surface area contributed by atoms with Gasteiger partial charge in [-0.3, -0.25) is 9.69 Å². The van der Waals surface area contributed by atoms with Crippen LogP contribution in [-0.2, 0) is 0 Å². The van der Waals surface area contributed by atoms with Gasteiger partial charge in [-0.05, 0) is 19.1 Å². The molecule has 106 valence electrons. The molecule has 5 nitrogen and oxygen atoms in total. The lowest BCUT2D eigenvalue weighted by molar-refractivity contribution is 0.0615. The fraction of sp³-hybridized carbons (Fsp3) is 0.462. The van der Waals surface area contributed by atoms with Crippen LogP contribution >= 0.6 is 23.2 Å². The number of pyridine rings is 1. The highest BCUT2D eigenvalue weighted by atomic mass is 35.5. The lowest BCUT2D eigenvalue weighted by Crippen LogP contribution is -2.51. The number of hydrogen-bond donors (Lipinski definition) is 0. The van der Waals surface area contributed by atoms with Crippen molar-refractivity contribution in [2.75, 3.05) is 26.2 Å². The Labute approximate surface area is 127 Å². The molecule has 2 heterocycles. The Morgan fingerprint density at radius 2 is 1.85 bits per heavy atom. The summed E-state index contributed by atoms with van der Waals surface area (Å²) in [5, 5.41) is 9.30. The summed E-state index contributed by atoms with van der Waals surface area (Å²) in [7, 11) is 0. The minimum Gasteiger partial charge on any atom is -0.336 e. The van der Waals surface area contributed by atoms with E-state index in [0.29, 0.717) is 31.7 Å². The number of nitrogens with zero attached hydrogens (tertiary/aromatic N) is 4. The van der Waals surface area contributed by atoms with Gasteiger partial charge in [-0.1, -0.05) is 23.2 Å². The first kappa shape index (κ1) is 15.0. The van der Waals surface area contributed by atoms with Crippen molar-refractivity contribution >= 4 is 29.1 Å². The van der Waals surface area contributed by atoms with Gasteiger partial charge in [-0.2, -0.15) is 5.26 Å². The molecule has 2 rings (SSSR count). The average Bonchev–Trinajstić information content (AvgIpc) is 2.45. The third kappa shape index (κ3) is 3.40. The summed E-state index contributed by atoms with van der Waals surface area (Å²) in [6, 6.07) is 5.10. The predicted octanol–water partition coefficient (Wildman–Crippen LogP) is 2.06. The molecule has 0 aliphatic carbocycles. The Bertz CT molecular complexity index is 530. The zero-order chi connectivity index (χ0) is 14.7. The van der Waals surface area contributed by atoms with E-state index in [1.54, 1.807) is 4.90 Å². The molecule has 1 fully saturated rings. The highest BCUT2D eigenvalue weighted by Gasteiger charge is 2.25. The highest BCUT2D eigenvalue weighted by Crippen LogP contribution is 2.17. The zero-order valence-corrected chi connectivity index (χ0v) is 12.5. The van der Waals surface area contributed by atoms with Gasteiger partial charge in [0.15, 0.2) is 0 Å². The summed E-state index contributed by atoms with van der Waals surface area (Å²) in [5.74, 6) is -0.111. The lowest BCUT2D eigenvalue weighted by atomic mass is 10.2. The topological polar surface area (TPSA) is 60.2 Å². The van der Waals surface area contributed by atoms with Crippen LogP contribution in [-0.4, -0.2) is 52.9 Å². The van der Waals surface area contributed by atoms with Crippen LogP contribution in [0.5, 0.6) is 0 Å². The van der Waals surface area contributed by atoms with Gasteiger partial charge in [0, 0.05) is 31.7 Å². The van der Waals surface area contributed by atoms with E-state index < -0.39 is 0 Å². The molecule has 1 aliphatic heterocycles. The van der Waals surface area contributed by atoms with Crippen LogP contribution in [0.1, 0.15) is 17.3 Å². The Morgan fingerprint density at radius 1 is 1.30 bits per heavy atom. The minimum absolute atomic E-state index is 0.111. The molecule has 0 N–H and O–H groups in total. The van der Waals surface area contributed by atoms with E-state index in [2.05, 4.69) is 16.0 Å². The Kier molecular flexibility index (Phi) is 4.81. The van der Waals surface area contributed by atoms with Crippen LogP contribution in [0.25, 0.3) is 0 Å². The van der Waals surface area contributed by atoms with Crippen molar-refractivity contribution in [1.29, 1.82) is 5.26 Å². The third-order valence-corrected chi connectivity index (χ3v) is 3.73. The normalized spacial score (nSPS) is 17.6. The molecule has 1 amide bonds. The van der Waals surface area contributed by atoms with Gasteiger partial charge < -0.3 is 4.90 Å². The van der Waals surface area contributed by atoms with E-state index in [1.807, 2.05) is 6.92 Å². The summed E-state index contributed by atoms with van der Waals surface area (Å²) < 4.78 is 0. The zero-order valence-electron chi connectivity index (χ0n) is 11.0. The number of carbonyl (C=O) groups excluding carboxylic acids is 1. The number of aromatic nitrogens is 1. The van der Waals surface area contributed by atoms with Crippen molar-refractivity contribution < 1.29 is 4.79 Å². The van der Waals surface area contributed by atoms with Gasteiger partial charge in [0.1, 0.15) is 10.3 Å². The largest absolute Gasteiger partial charge is 0.336 e. The molecule has 1 aromatic heterocycles. The van der Waals surface area contributed by atoms with E-state index in [-0.39, 0.29) is 22.3 Å². The molecule has 1 unspecified atom stereocenters. The van der Waals surface area contributed by atoms with Gasteiger partial charge in [0.05, 0.1) is 12.1 Å². The van der Waals surface area contributed by atoms with Crippen molar-refractivity contribution in [2.45, 2.75) is 13.0 Å². The second-order valence-electron chi connectivity index (χ2n) is 4.63. The standard InChI is InChI=1S/C13H14Cl2N4O/c1-9(8-16)18-2-4-19(5-3-18)13(20)10-6-11(14)17-12(15)7-10/h6-7,9H,2-5H2,1H3. The van der Waals surface area contributed by atoms with Crippen molar-refractivity contribution in [2.24, 2.45) is 0 Å². The molecule has 0 aromatic carbocycles. The second kappa shape index (κ2) is 6.40. The molecule has 0 spiro atoms. The predicted molar refractivity (Wildman–Crippen MR) is 76.8 cm³/mol. The molecule has 1 saturated heterocycles. The molecule has 1 atom stereocenters. The summed E-state index contributed by atoms with van der Waals surface area (Å²) in [4.78, 5) is 20.0. The van der Waals surface area contributed by atoms with Gasteiger partial charge in [0.2, 0.25) is 0 Å². The average molecular weight is 313 g/mol.